The fourth-order valence-electron chi connectivity index (χ4n) is 12.3. The molecule has 1 aromatic carbocycles. The molecule has 0 radical (unpaired) electrons. The fourth-order valence-corrected chi connectivity index (χ4v) is 12.3. The van der Waals surface area contributed by atoms with E-state index in [1.165, 1.54) is 18.8 Å². The van der Waals surface area contributed by atoms with Gasteiger partial charge in [-0.2, -0.15) is 0 Å². The zero-order chi connectivity index (χ0) is 35.6. The first-order chi connectivity index (χ1) is 23.0. The van der Waals surface area contributed by atoms with Crippen LogP contribution in [0.1, 0.15) is 111 Å². The summed E-state index contributed by atoms with van der Waals surface area (Å²) in [7, 11) is 4.73. The summed E-state index contributed by atoms with van der Waals surface area (Å²) >= 11 is 0. The van der Waals surface area contributed by atoms with Crippen molar-refractivity contribution >= 4 is 18.0 Å². The van der Waals surface area contributed by atoms with Crippen LogP contribution < -0.4 is 9.47 Å². The van der Waals surface area contributed by atoms with E-state index in [4.69, 9.17) is 18.9 Å². The second kappa shape index (κ2) is 12.5. The maximum Gasteiger partial charge on any atom is 0.330 e. The van der Waals surface area contributed by atoms with E-state index in [1.807, 2.05) is 18.2 Å². The van der Waals surface area contributed by atoms with Crippen LogP contribution in [0.3, 0.4) is 0 Å². The van der Waals surface area contributed by atoms with Crippen LogP contribution in [-0.4, -0.2) is 51.1 Å². The first-order valence-corrected chi connectivity index (χ1v) is 18.6. The molecule has 4 saturated carbocycles. The van der Waals surface area contributed by atoms with E-state index >= 15 is 0 Å². The molecule has 5 aliphatic carbocycles. The molecule has 7 nitrogen and oxygen atoms in total. The molecule has 1 unspecified atom stereocenters. The fraction of sp³-hybridized carbons (Fsp3) is 0.714. The minimum Gasteiger partial charge on any atom is -0.493 e. The lowest BCUT2D eigenvalue weighted by Crippen LogP contribution is -2.66. The van der Waals surface area contributed by atoms with Gasteiger partial charge in [0.2, 0.25) is 0 Å². The van der Waals surface area contributed by atoms with Crippen LogP contribution in [0, 0.1) is 50.2 Å². The highest BCUT2D eigenvalue weighted by Gasteiger charge is 2.71. The number of rotatable bonds is 7. The van der Waals surface area contributed by atoms with Crippen molar-refractivity contribution in [3.63, 3.8) is 0 Å². The van der Waals surface area contributed by atoms with Gasteiger partial charge in [-0.15, -0.1) is 0 Å². The van der Waals surface area contributed by atoms with Gasteiger partial charge in [0.25, 0.3) is 0 Å². The van der Waals surface area contributed by atoms with E-state index < -0.39 is 10.8 Å². The summed E-state index contributed by atoms with van der Waals surface area (Å²) in [6.07, 6.45) is 14.5. The van der Waals surface area contributed by atoms with Crippen LogP contribution in [0.5, 0.6) is 11.5 Å². The van der Waals surface area contributed by atoms with Crippen LogP contribution in [0.2, 0.25) is 0 Å². The average molecular weight is 677 g/mol. The number of aliphatic hydroxyl groups excluding tert-OH is 1. The minimum absolute atomic E-state index is 0.0464. The number of methoxy groups -OCH3 is 3. The quantitative estimate of drug-likeness (QED) is 0.176. The first-order valence-electron chi connectivity index (χ1n) is 18.6. The third-order valence-electron chi connectivity index (χ3n) is 15.2. The summed E-state index contributed by atoms with van der Waals surface area (Å²) in [5, 5.41) is 11.2. The van der Waals surface area contributed by atoms with Gasteiger partial charge in [0.15, 0.2) is 11.5 Å². The standard InChI is InChI=1S/C42H60O7/c1-37(2)20-21-41(36(45)48-9)22-23-42(26-49-35(44)15-11-27-10-13-30(46-7)31(24-27)47-8)28(29(41)25-37)12-14-33-39(5)18-17-34(43)38(3,4)32(39)16-19-40(33,42)6/h10-13,15,24,29,32-34,43H,14,16-23,25-26H2,1-9H3/b15-11+/t29?,32-,33+,34-,39-,40+,41-,42-/m0/s1. The molecule has 0 amide bonds. The molecule has 8 atom stereocenters. The van der Waals surface area contributed by atoms with Gasteiger partial charge < -0.3 is 24.1 Å². The zero-order valence-corrected chi connectivity index (χ0v) is 31.4. The lowest BCUT2D eigenvalue weighted by molar-refractivity contribution is -0.217. The Hall–Kier alpha value is -2.80. The molecule has 49 heavy (non-hydrogen) atoms. The third-order valence-corrected chi connectivity index (χ3v) is 15.2. The highest BCUT2D eigenvalue weighted by atomic mass is 16.5. The number of carbonyl (C=O) groups excluding carboxylic acids is 2. The van der Waals surface area contributed by atoms with Crippen LogP contribution in [0.15, 0.2) is 35.9 Å². The second-order valence-corrected chi connectivity index (χ2v) is 18.0. The van der Waals surface area contributed by atoms with Crippen molar-refractivity contribution in [1.82, 2.24) is 0 Å². The van der Waals surface area contributed by atoms with E-state index in [1.54, 1.807) is 20.3 Å². The van der Waals surface area contributed by atoms with Crippen molar-refractivity contribution in [2.75, 3.05) is 27.9 Å². The Morgan fingerprint density at radius 2 is 1.59 bits per heavy atom. The Morgan fingerprint density at radius 3 is 2.29 bits per heavy atom. The lowest BCUT2D eigenvalue weighted by Gasteiger charge is -2.71. The topological polar surface area (TPSA) is 91.3 Å². The van der Waals surface area contributed by atoms with Crippen molar-refractivity contribution in [3.05, 3.63) is 41.5 Å². The van der Waals surface area contributed by atoms with Gasteiger partial charge in [-0.3, -0.25) is 4.79 Å². The van der Waals surface area contributed by atoms with Crippen molar-refractivity contribution in [2.45, 2.75) is 112 Å². The molecular weight excluding hydrogens is 616 g/mol. The molecule has 0 aliphatic heterocycles. The Balaban J connectivity index is 1.39. The number of hydrogen-bond donors (Lipinski definition) is 1. The van der Waals surface area contributed by atoms with Gasteiger partial charge in [0, 0.05) is 11.5 Å². The molecule has 0 bridgehead atoms. The summed E-state index contributed by atoms with van der Waals surface area (Å²) in [6, 6.07) is 5.55. The molecule has 0 aromatic heterocycles. The van der Waals surface area contributed by atoms with Crippen LogP contribution >= 0.6 is 0 Å². The van der Waals surface area contributed by atoms with E-state index in [9.17, 15) is 14.7 Å². The number of aliphatic hydroxyl groups is 1. The number of benzene rings is 1. The SMILES string of the molecule is COC(=O)[C@]12CCC(C)(C)CC1C1=CC[C@@H]3[C@@]4(C)CC[C@H](O)C(C)(C)[C@@H]4CC[C@@]3(C)[C@]1(COC(=O)/C=C/c1ccc(OC)c(OC)c1)CC2. The number of fused-ring (bicyclic) bond motifs is 7. The number of allylic oxidation sites excluding steroid dienone is 1. The normalized spacial score (nSPS) is 38.9. The summed E-state index contributed by atoms with van der Waals surface area (Å²) in [5.74, 6) is 1.61. The van der Waals surface area contributed by atoms with Crippen molar-refractivity contribution in [1.29, 1.82) is 0 Å². The molecule has 7 heteroatoms. The molecule has 1 aromatic rings. The van der Waals surface area contributed by atoms with Gasteiger partial charge in [0.1, 0.15) is 6.61 Å². The van der Waals surface area contributed by atoms with Crippen LogP contribution in [0.25, 0.3) is 6.08 Å². The predicted molar refractivity (Wildman–Crippen MR) is 191 cm³/mol. The maximum atomic E-state index is 13.8. The minimum atomic E-state index is -0.543. The maximum absolute atomic E-state index is 13.8. The van der Waals surface area contributed by atoms with Crippen molar-refractivity contribution < 1.29 is 33.6 Å². The Kier molecular flexibility index (Phi) is 9.15. The highest BCUT2D eigenvalue weighted by molar-refractivity contribution is 5.87. The number of esters is 2. The number of ether oxygens (including phenoxy) is 4. The van der Waals surface area contributed by atoms with Gasteiger partial charge in [-0.25, -0.2) is 4.79 Å². The smallest absolute Gasteiger partial charge is 0.330 e. The summed E-state index contributed by atoms with van der Waals surface area (Å²) in [4.78, 5) is 27.4. The van der Waals surface area contributed by atoms with E-state index in [0.717, 1.165) is 69.8 Å². The zero-order valence-electron chi connectivity index (χ0n) is 31.4. The van der Waals surface area contributed by atoms with Crippen molar-refractivity contribution in [3.8, 4) is 11.5 Å². The van der Waals surface area contributed by atoms with Crippen molar-refractivity contribution in [2.24, 2.45) is 50.2 Å². The first kappa shape index (κ1) is 36.0. The van der Waals surface area contributed by atoms with Gasteiger partial charge in [-0.05, 0) is 127 Å². The summed E-state index contributed by atoms with van der Waals surface area (Å²) < 4.78 is 22.8. The molecule has 5 aliphatic rings. The Morgan fingerprint density at radius 1 is 0.878 bits per heavy atom. The lowest BCUT2D eigenvalue weighted by atomic mass is 9.33. The summed E-state index contributed by atoms with van der Waals surface area (Å²) in [6.45, 7) is 14.5. The molecule has 0 spiro atoms. The highest BCUT2D eigenvalue weighted by Crippen LogP contribution is 2.76. The molecule has 0 saturated heterocycles. The second-order valence-electron chi connectivity index (χ2n) is 18.0. The Labute approximate surface area is 294 Å². The molecule has 0 heterocycles. The molecule has 4 fully saturated rings. The average Bonchev–Trinajstić information content (AvgIpc) is 3.07. The van der Waals surface area contributed by atoms with E-state index in [2.05, 4.69) is 47.6 Å². The van der Waals surface area contributed by atoms with Gasteiger partial charge in [0.05, 0.1) is 32.8 Å². The summed E-state index contributed by atoms with van der Waals surface area (Å²) in [5.41, 5.74) is 1.05. The number of carbonyl (C=O) groups is 2. The van der Waals surface area contributed by atoms with Crippen LogP contribution in [-0.2, 0) is 19.1 Å². The molecular formula is C42H60O7. The monoisotopic (exact) mass is 676 g/mol. The van der Waals surface area contributed by atoms with Crippen LogP contribution in [0.4, 0.5) is 0 Å². The van der Waals surface area contributed by atoms with E-state index in [-0.39, 0.29) is 45.6 Å². The van der Waals surface area contributed by atoms with E-state index in [0.29, 0.717) is 29.9 Å². The number of hydrogen-bond acceptors (Lipinski definition) is 7. The molecule has 6 rings (SSSR count). The van der Waals surface area contributed by atoms with Gasteiger partial charge >= 0.3 is 11.9 Å². The largest absolute Gasteiger partial charge is 0.493 e. The third kappa shape index (κ3) is 5.47. The molecule has 1 N–H and O–H groups in total. The Bertz CT molecular complexity index is 1520. The van der Waals surface area contributed by atoms with Gasteiger partial charge in [-0.1, -0.05) is 59.3 Å². The predicted octanol–water partition coefficient (Wildman–Crippen LogP) is 8.58. The molecule has 270 valence electrons.